The fourth-order valence-electron chi connectivity index (χ4n) is 2.84. The van der Waals surface area contributed by atoms with Crippen LogP contribution in [0.3, 0.4) is 0 Å². The zero-order valence-electron chi connectivity index (χ0n) is 13.2. The fraction of sp³-hybridized carbons (Fsp3) is 0.211. The topological polar surface area (TPSA) is 35.5 Å². The molecule has 118 valence electrons. The number of ether oxygens (including phenoxy) is 2. The summed E-state index contributed by atoms with van der Waals surface area (Å²) in [6.45, 7) is 3.76. The maximum Gasteiger partial charge on any atom is 0.337 e. The van der Waals surface area contributed by atoms with E-state index in [-0.39, 0.29) is 11.9 Å². The van der Waals surface area contributed by atoms with Crippen LogP contribution in [0.2, 0.25) is 0 Å². The van der Waals surface area contributed by atoms with Crippen molar-refractivity contribution in [1.82, 2.24) is 0 Å². The van der Waals surface area contributed by atoms with Crippen molar-refractivity contribution in [3.8, 4) is 5.75 Å². The summed E-state index contributed by atoms with van der Waals surface area (Å²) >= 11 is 0. The Balaban J connectivity index is 2.21. The zero-order valence-corrected chi connectivity index (χ0v) is 13.2. The summed E-state index contributed by atoms with van der Waals surface area (Å²) in [5.41, 5.74) is 3.20. The minimum absolute atomic E-state index is 0.180. The molecule has 1 aliphatic heterocycles. The molecule has 0 aromatic heterocycles. The molecule has 1 aliphatic rings. The zero-order chi connectivity index (χ0) is 16.6. The van der Waals surface area contributed by atoms with E-state index in [9.17, 15) is 9.18 Å². The second kappa shape index (κ2) is 5.88. The van der Waals surface area contributed by atoms with Crippen LogP contribution in [0.5, 0.6) is 5.75 Å². The molecule has 0 spiro atoms. The van der Waals surface area contributed by atoms with Gasteiger partial charge < -0.3 is 9.47 Å². The van der Waals surface area contributed by atoms with E-state index >= 15 is 0 Å². The lowest BCUT2D eigenvalue weighted by atomic mass is 9.90. The maximum atomic E-state index is 14.4. The van der Waals surface area contributed by atoms with Crippen LogP contribution in [-0.4, -0.2) is 19.2 Å². The van der Waals surface area contributed by atoms with E-state index in [1.54, 1.807) is 24.3 Å². The number of benzene rings is 2. The second-order valence-corrected chi connectivity index (χ2v) is 5.54. The summed E-state index contributed by atoms with van der Waals surface area (Å²) in [6, 6.07) is 10.0. The quantitative estimate of drug-likeness (QED) is 0.782. The van der Waals surface area contributed by atoms with Crippen molar-refractivity contribution in [3.63, 3.8) is 0 Å². The van der Waals surface area contributed by atoms with Crippen molar-refractivity contribution in [2.75, 3.05) is 7.11 Å². The smallest absolute Gasteiger partial charge is 0.337 e. The Morgan fingerprint density at radius 1 is 1.26 bits per heavy atom. The van der Waals surface area contributed by atoms with E-state index in [0.717, 1.165) is 11.1 Å². The van der Waals surface area contributed by atoms with E-state index in [4.69, 9.17) is 9.47 Å². The number of hydrogen-bond donors (Lipinski definition) is 0. The van der Waals surface area contributed by atoms with Crippen LogP contribution in [0, 0.1) is 12.7 Å². The van der Waals surface area contributed by atoms with Gasteiger partial charge in [-0.05, 0) is 55.3 Å². The number of halogens is 1. The number of carbonyl (C=O) groups excluding carboxylic acids is 1. The number of fused-ring (bicyclic) bond motifs is 1. The third kappa shape index (κ3) is 2.72. The molecule has 0 amide bonds. The molecule has 0 N–H and O–H groups in total. The van der Waals surface area contributed by atoms with Crippen LogP contribution in [0.4, 0.5) is 4.39 Å². The predicted molar refractivity (Wildman–Crippen MR) is 86.1 cm³/mol. The van der Waals surface area contributed by atoms with Gasteiger partial charge in [-0.15, -0.1) is 0 Å². The molecule has 0 bridgehead atoms. The summed E-state index contributed by atoms with van der Waals surface area (Å²) in [6.07, 6.45) is 1.69. The minimum atomic E-state index is -0.434. The van der Waals surface area contributed by atoms with Gasteiger partial charge in [0.2, 0.25) is 0 Å². The van der Waals surface area contributed by atoms with Gasteiger partial charge in [0, 0.05) is 11.1 Å². The highest BCUT2D eigenvalue weighted by Gasteiger charge is 2.24. The summed E-state index contributed by atoms with van der Waals surface area (Å²) in [7, 11) is 1.33. The molecule has 0 fully saturated rings. The van der Waals surface area contributed by atoms with Crippen LogP contribution >= 0.6 is 0 Å². The third-order valence-corrected chi connectivity index (χ3v) is 3.90. The first-order chi connectivity index (χ1) is 11.0. The summed E-state index contributed by atoms with van der Waals surface area (Å²) < 4.78 is 25.0. The molecule has 1 heterocycles. The van der Waals surface area contributed by atoms with Crippen molar-refractivity contribution >= 4 is 11.5 Å². The molecule has 1 atom stereocenters. The van der Waals surface area contributed by atoms with Crippen molar-refractivity contribution in [1.29, 1.82) is 0 Å². The first-order valence-electron chi connectivity index (χ1n) is 7.38. The molecule has 0 radical (unpaired) electrons. The molecule has 2 aromatic carbocycles. The van der Waals surface area contributed by atoms with Crippen LogP contribution in [0.1, 0.15) is 34.0 Å². The molecule has 3 rings (SSSR count). The van der Waals surface area contributed by atoms with Crippen molar-refractivity contribution in [2.24, 2.45) is 0 Å². The van der Waals surface area contributed by atoms with Gasteiger partial charge in [-0.2, -0.15) is 0 Å². The van der Waals surface area contributed by atoms with Crippen LogP contribution in [0.15, 0.2) is 42.5 Å². The molecule has 3 nitrogen and oxygen atoms in total. The van der Waals surface area contributed by atoms with E-state index in [2.05, 4.69) is 0 Å². The molecular formula is C19H17FO3. The lowest BCUT2D eigenvalue weighted by Gasteiger charge is -2.25. The van der Waals surface area contributed by atoms with Crippen molar-refractivity contribution < 1.29 is 18.7 Å². The van der Waals surface area contributed by atoms with E-state index < -0.39 is 5.97 Å². The summed E-state index contributed by atoms with van der Waals surface area (Å²) in [5.74, 6) is -0.0962. The lowest BCUT2D eigenvalue weighted by molar-refractivity contribution is 0.0600. The van der Waals surface area contributed by atoms with Gasteiger partial charge in [-0.3, -0.25) is 0 Å². The van der Waals surface area contributed by atoms with E-state index in [0.29, 0.717) is 22.4 Å². The molecule has 1 unspecified atom stereocenters. The number of methoxy groups -OCH3 is 1. The Labute approximate surface area is 134 Å². The average molecular weight is 312 g/mol. The van der Waals surface area contributed by atoms with E-state index in [1.807, 2.05) is 26.0 Å². The summed E-state index contributed by atoms with van der Waals surface area (Å²) in [4.78, 5) is 11.8. The first kappa shape index (κ1) is 15.3. The minimum Gasteiger partial charge on any atom is -0.486 e. The van der Waals surface area contributed by atoms with Crippen molar-refractivity contribution in [3.05, 3.63) is 70.5 Å². The Bertz CT molecular complexity index is 788. The maximum absolute atomic E-state index is 14.4. The Morgan fingerprint density at radius 2 is 2.04 bits per heavy atom. The van der Waals surface area contributed by atoms with Gasteiger partial charge in [0.05, 0.1) is 12.7 Å². The number of hydrogen-bond acceptors (Lipinski definition) is 3. The van der Waals surface area contributed by atoms with Gasteiger partial charge in [-0.1, -0.05) is 12.1 Å². The van der Waals surface area contributed by atoms with Gasteiger partial charge in [0.1, 0.15) is 17.7 Å². The molecule has 23 heavy (non-hydrogen) atoms. The highest BCUT2D eigenvalue weighted by Crippen LogP contribution is 2.38. The molecule has 4 heteroatoms. The first-order valence-corrected chi connectivity index (χ1v) is 7.38. The third-order valence-electron chi connectivity index (χ3n) is 3.90. The molecule has 0 saturated carbocycles. The van der Waals surface area contributed by atoms with Gasteiger partial charge in [0.25, 0.3) is 0 Å². The van der Waals surface area contributed by atoms with E-state index in [1.165, 1.54) is 13.2 Å². The number of carbonyl (C=O) groups is 1. The van der Waals surface area contributed by atoms with Crippen LogP contribution < -0.4 is 4.74 Å². The summed E-state index contributed by atoms with van der Waals surface area (Å²) in [5, 5.41) is 0. The highest BCUT2D eigenvalue weighted by molar-refractivity contribution is 5.93. The lowest BCUT2D eigenvalue weighted by Crippen LogP contribution is -2.17. The molecule has 0 saturated heterocycles. The van der Waals surface area contributed by atoms with Crippen molar-refractivity contribution in [2.45, 2.75) is 20.0 Å². The number of esters is 1. The monoisotopic (exact) mass is 312 g/mol. The molecule has 0 aliphatic carbocycles. The van der Waals surface area contributed by atoms with Crippen LogP contribution in [0.25, 0.3) is 5.57 Å². The fourth-order valence-corrected chi connectivity index (χ4v) is 2.84. The second-order valence-electron chi connectivity index (χ2n) is 5.54. The Hall–Kier alpha value is -2.62. The average Bonchev–Trinajstić information content (AvgIpc) is 2.53. The SMILES string of the molecule is COC(=O)c1ccc2c(c1)C(c1c(C)cccc1F)=CC(C)O2. The number of rotatable bonds is 2. The van der Waals surface area contributed by atoms with Gasteiger partial charge >= 0.3 is 5.97 Å². The Kier molecular flexibility index (Phi) is 3.90. The van der Waals surface area contributed by atoms with Crippen LogP contribution in [-0.2, 0) is 4.74 Å². The van der Waals surface area contributed by atoms with Gasteiger partial charge in [0.15, 0.2) is 0 Å². The standard InChI is InChI=1S/C19H17FO3/c1-11-5-4-6-16(20)18(11)15-9-12(2)23-17-8-7-13(10-14(15)17)19(21)22-3/h4-10,12H,1-3H3. The molecular weight excluding hydrogens is 295 g/mol. The Morgan fingerprint density at radius 3 is 2.74 bits per heavy atom. The van der Waals surface area contributed by atoms with Gasteiger partial charge in [-0.25, -0.2) is 9.18 Å². The predicted octanol–water partition coefficient (Wildman–Crippen LogP) is 4.13. The highest BCUT2D eigenvalue weighted by atomic mass is 19.1. The molecule has 2 aromatic rings. The normalized spacial score (nSPS) is 16.2. The number of aryl methyl sites for hydroxylation is 1. The largest absolute Gasteiger partial charge is 0.486 e.